The van der Waals surface area contributed by atoms with Crippen molar-refractivity contribution in [3.63, 3.8) is 0 Å². The number of benzene rings is 1. The number of rotatable bonds is 5. The second-order valence-corrected chi connectivity index (χ2v) is 7.63. The lowest BCUT2D eigenvalue weighted by molar-refractivity contribution is 0.103. The topological polar surface area (TPSA) is 41.3 Å². The maximum absolute atomic E-state index is 10.6. The lowest BCUT2D eigenvalue weighted by Gasteiger charge is -2.26. The van der Waals surface area contributed by atoms with E-state index in [2.05, 4.69) is 28.6 Å². The minimum atomic E-state index is -0.321. The summed E-state index contributed by atoms with van der Waals surface area (Å²) in [6, 6.07) is 10.7. The summed E-state index contributed by atoms with van der Waals surface area (Å²) < 4.78 is 2.35. The Balaban J connectivity index is 1.46. The largest absolute Gasteiger partial charge is 0.391 e. The van der Waals surface area contributed by atoms with Crippen LogP contribution in [0.4, 0.5) is 0 Å². The molecule has 134 valence electrons. The summed E-state index contributed by atoms with van der Waals surface area (Å²) >= 11 is 0. The number of aryl methyl sites for hydroxylation is 1. The van der Waals surface area contributed by atoms with Crippen LogP contribution in [-0.2, 0) is 26.3 Å². The van der Waals surface area contributed by atoms with E-state index in [9.17, 15) is 5.11 Å². The maximum atomic E-state index is 10.6. The Bertz CT molecular complexity index is 709. The summed E-state index contributed by atoms with van der Waals surface area (Å²) in [5, 5.41) is 10.6. The molecule has 0 bridgehead atoms. The summed E-state index contributed by atoms with van der Waals surface area (Å²) in [4.78, 5) is 7.46. The van der Waals surface area contributed by atoms with Crippen LogP contribution in [0, 0.1) is 0 Å². The molecule has 0 unspecified atom stereocenters. The van der Waals surface area contributed by atoms with E-state index >= 15 is 0 Å². The SMILES string of the molecule is Cn1c([C@H]2CCCN2C[C@@H](O)Cc2ccccc2)nc2c1CCCC2. The zero-order valence-corrected chi connectivity index (χ0v) is 15.2. The van der Waals surface area contributed by atoms with Gasteiger partial charge in [-0.3, -0.25) is 4.90 Å². The van der Waals surface area contributed by atoms with Gasteiger partial charge in [-0.2, -0.15) is 0 Å². The summed E-state index contributed by atoms with van der Waals surface area (Å²) in [7, 11) is 2.18. The number of imidazole rings is 1. The van der Waals surface area contributed by atoms with Crippen molar-refractivity contribution < 1.29 is 5.11 Å². The third-order valence-corrected chi connectivity index (χ3v) is 5.83. The summed E-state index contributed by atoms with van der Waals surface area (Å²) in [5.41, 5.74) is 3.97. The third kappa shape index (κ3) is 3.51. The molecule has 1 aromatic carbocycles. The lowest BCUT2D eigenvalue weighted by Crippen LogP contribution is -2.34. The van der Waals surface area contributed by atoms with E-state index < -0.39 is 0 Å². The van der Waals surface area contributed by atoms with Crippen molar-refractivity contribution in [2.45, 2.75) is 57.1 Å². The number of fused-ring (bicyclic) bond motifs is 1. The van der Waals surface area contributed by atoms with Crippen molar-refractivity contribution in [1.82, 2.24) is 14.5 Å². The standard InChI is InChI=1S/C21H29N3O/c1-23-19-11-6-5-10-18(19)22-21(23)20-12-7-13-24(20)15-17(25)14-16-8-3-2-4-9-16/h2-4,8-9,17,20,25H,5-7,10-15H2,1H3/t17-,20+/m0/s1. The number of nitrogens with zero attached hydrogens (tertiary/aromatic N) is 3. The Morgan fingerprint density at radius 1 is 1.16 bits per heavy atom. The van der Waals surface area contributed by atoms with Gasteiger partial charge in [0.1, 0.15) is 5.82 Å². The van der Waals surface area contributed by atoms with E-state index in [1.807, 2.05) is 18.2 Å². The second kappa shape index (κ2) is 7.30. The number of hydrogen-bond donors (Lipinski definition) is 1. The van der Waals surface area contributed by atoms with Gasteiger partial charge in [0.2, 0.25) is 0 Å². The van der Waals surface area contributed by atoms with Gasteiger partial charge < -0.3 is 9.67 Å². The van der Waals surface area contributed by atoms with E-state index in [0.717, 1.165) is 32.4 Å². The highest BCUT2D eigenvalue weighted by molar-refractivity contribution is 5.22. The monoisotopic (exact) mass is 339 g/mol. The first kappa shape index (κ1) is 16.8. The quantitative estimate of drug-likeness (QED) is 0.910. The molecule has 1 N–H and O–H groups in total. The smallest absolute Gasteiger partial charge is 0.126 e. The lowest BCUT2D eigenvalue weighted by atomic mass is 10.0. The van der Waals surface area contributed by atoms with Crippen molar-refractivity contribution in [3.8, 4) is 0 Å². The molecular weight excluding hydrogens is 310 g/mol. The Hall–Kier alpha value is -1.65. The molecule has 4 nitrogen and oxygen atoms in total. The van der Waals surface area contributed by atoms with Gasteiger partial charge in [0, 0.05) is 19.3 Å². The molecule has 1 aliphatic heterocycles. The Kier molecular flexibility index (Phi) is 4.91. The number of aliphatic hydroxyl groups excluding tert-OH is 1. The van der Waals surface area contributed by atoms with Gasteiger partial charge in [0.05, 0.1) is 17.8 Å². The molecule has 2 atom stereocenters. The second-order valence-electron chi connectivity index (χ2n) is 7.63. The summed E-state index contributed by atoms with van der Waals surface area (Å²) in [6.07, 6.45) is 7.61. The van der Waals surface area contributed by atoms with Gasteiger partial charge in [-0.05, 0) is 57.1 Å². The Morgan fingerprint density at radius 2 is 1.96 bits per heavy atom. The number of aliphatic hydroxyl groups is 1. The van der Waals surface area contributed by atoms with Crippen molar-refractivity contribution in [1.29, 1.82) is 0 Å². The van der Waals surface area contributed by atoms with Crippen molar-refractivity contribution >= 4 is 0 Å². The van der Waals surface area contributed by atoms with Gasteiger partial charge in [0.25, 0.3) is 0 Å². The molecule has 25 heavy (non-hydrogen) atoms. The van der Waals surface area contributed by atoms with Crippen molar-refractivity contribution in [3.05, 3.63) is 53.1 Å². The molecule has 2 heterocycles. The molecule has 2 aromatic rings. The van der Waals surface area contributed by atoms with Gasteiger partial charge in [-0.15, -0.1) is 0 Å². The van der Waals surface area contributed by atoms with Gasteiger partial charge in [-0.25, -0.2) is 4.98 Å². The predicted molar refractivity (Wildman–Crippen MR) is 99.6 cm³/mol. The minimum absolute atomic E-state index is 0.321. The highest BCUT2D eigenvalue weighted by atomic mass is 16.3. The zero-order chi connectivity index (χ0) is 17.2. The first-order valence-electron chi connectivity index (χ1n) is 9.73. The fourth-order valence-corrected chi connectivity index (χ4v) is 4.56. The molecule has 4 heteroatoms. The van der Waals surface area contributed by atoms with Crippen LogP contribution in [0.3, 0.4) is 0 Å². The maximum Gasteiger partial charge on any atom is 0.126 e. The normalized spacial score (nSPS) is 22.1. The highest BCUT2D eigenvalue weighted by Gasteiger charge is 2.32. The molecule has 1 saturated heterocycles. The van der Waals surface area contributed by atoms with Crippen LogP contribution in [0.25, 0.3) is 0 Å². The van der Waals surface area contributed by atoms with E-state index in [0.29, 0.717) is 6.04 Å². The highest BCUT2D eigenvalue weighted by Crippen LogP contribution is 2.34. The Morgan fingerprint density at radius 3 is 2.76 bits per heavy atom. The fraction of sp³-hybridized carbons (Fsp3) is 0.571. The average Bonchev–Trinajstić information content (AvgIpc) is 3.20. The molecule has 4 rings (SSSR count). The Labute approximate surface area is 150 Å². The molecule has 0 radical (unpaired) electrons. The van der Waals surface area contributed by atoms with Gasteiger partial charge in [0.15, 0.2) is 0 Å². The van der Waals surface area contributed by atoms with Gasteiger partial charge in [-0.1, -0.05) is 30.3 Å². The number of β-amino-alcohol motifs (C(OH)–C–C–N with tert-alkyl or cyclic N) is 1. The number of aromatic nitrogens is 2. The van der Waals surface area contributed by atoms with Crippen LogP contribution in [0.1, 0.15) is 54.5 Å². The van der Waals surface area contributed by atoms with E-state index in [1.54, 1.807) is 0 Å². The molecule has 0 saturated carbocycles. The van der Waals surface area contributed by atoms with Gasteiger partial charge >= 0.3 is 0 Å². The number of hydrogen-bond acceptors (Lipinski definition) is 3. The molecule has 1 fully saturated rings. The fourth-order valence-electron chi connectivity index (χ4n) is 4.56. The van der Waals surface area contributed by atoms with Crippen LogP contribution in [0.2, 0.25) is 0 Å². The molecule has 1 aromatic heterocycles. The molecule has 1 aliphatic carbocycles. The van der Waals surface area contributed by atoms with Crippen molar-refractivity contribution in [2.75, 3.05) is 13.1 Å². The molecule has 2 aliphatic rings. The van der Waals surface area contributed by atoms with Crippen LogP contribution in [0.5, 0.6) is 0 Å². The average molecular weight is 339 g/mol. The van der Waals surface area contributed by atoms with Crippen LogP contribution in [-0.4, -0.2) is 38.8 Å². The minimum Gasteiger partial charge on any atom is -0.391 e. The zero-order valence-electron chi connectivity index (χ0n) is 15.2. The third-order valence-electron chi connectivity index (χ3n) is 5.83. The van der Waals surface area contributed by atoms with E-state index in [-0.39, 0.29) is 6.10 Å². The predicted octanol–water partition coefficient (Wildman–Crippen LogP) is 3.04. The molecular formula is C21H29N3O. The summed E-state index contributed by atoms with van der Waals surface area (Å²) in [6.45, 7) is 1.80. The molecule has 0 amide bonds. The van der Waals surface area contributed by atoms with Crippen LogP contribution in [0.15, 0.2) is 30.3 Å². The number of likely N-dealkylation sites (tertiary alicyclic amines) is 1. The van der Waals surface area contributed by atoms with Crippen LogP contribution < -0.4 is 0 Å². The van der Waals surface area contributed by atoms with Crippen LogP contribution >= 0.6 is 0 Å². The molecule has 0 spiro atoms. The van der Waals surface area contributed by atoms with E-state index in [4.69, 9.17) is 4.98 Å². The first-order chi connectivity index (χ1) is 12.2. The van der Waals surface area contributed by atoms with E-state index in [1.165, 1.54) is 48.5 Å². The first-order valence-corrected chi connectivity index (χ1v) is 9.73. The van der Waals surface area contributed by atoms with Crippen molar-refractivity contribution in [2.24, 2.45) is 7.05 Å². The summed E-state index contributed by atoms with van der Waals surface area (Å²) in [5.74, 6) is 1.22.